The highest BCUT2D eigenvalue weighted by atomic mass is 16.5. The predicted molar refractivity (Wildman–Crippen MR) is 149 cm³/mol. The van der Waals surface area contributed by atoms with Crippen LogP contribution in [-0.4, -0.2) is 39.7 Å². The number of aliphatic carboxylic acids is 1. The molecule has 196 valence electrons. The molecular weight excluding hydrogens is 482 g/mol. The first-order chi connectivity index (χ1) is 18.2. The average Bonchev–Trinajstić information content (AvgIpc) is 2.89. The van der Waals surface area contributed by atoms with Crippen LogP contribution in [0.1, 0.15) is 50.3 Å². The molecule has 1 heterocycles. The van der Waals surface area contributed by atoms with Crippen molar-refractivity contribution in [2.45, 2.75) is 46.6 Å². The van der Waals surface area contributed by atoms with Crippen LogP contribution in [0.25, 0.3) is 22.3 Å². The van der Waals surface area contributed by atoms with E-state index < -0.39 is 12.1 Å². The second-order valence-electron chi connectivity index (χ2n) is 9.24. The van der Waals surface area contributed by atoms with Crippen molar-refractivity contribution < 1.29 is 19.4 Å². The summed E-state index contributed by atoms with van der Waals surface area (Å²) >= 11 is 0. The molecule has 1 N–H and O–H groups in total. The minimum atomic E-state index is -1.08. The van der Waals surface area contributed by atoms with Crippen LogP contribution in [0.5, 0.6) is 11.5 Å². The Bertz CT molecular complexity index is 1570. The lowest BCUT2D eigenvalue weighted by molar-refractivity contribution is -0.144. The van der Waals surface area contributed by atoms with Crippen LogP contribution in [0, 0.1) is 6.92 Å². The summed E-state index contributed by atoms with van der Waals surface area (Å²) in [6, 6.07) is 18.1. The number of ether oxygens (including phenoxy) is 2. The van der Waals surface area contributed by atoms with E-state index in [9.17, 15) is 14.7 Å². The number of carboxylic acids is 1. The van der Waals surface area contributed by atoms with Crippen molar-refractivity contribution in [3.8, 4) is 22.9 Å². The SMILES string of the molecule is CCOc1cc(C)c(-c2nc3ccccc3c(=O)n2N=Cc2ccccc2O[C@@H](C)C(=O)O)cc1C(C)C. The van der Waals surface area contributed by atoms with Gasteiger partial charge in [0.25, 0.3) is 5.56 Å². The number of hydrogen-bond acceptors (Lipinski definition) is 6. The summed E-state index contributed by atoms with van der Waals surface area (Å²) in [6.07, 6.45) is 0.435. The van der Waals surface area contributed by atoms with Crippen LogP contribution in [-0.2, 0) is 4.79 Å². The van der Waals surface area contributed by atoms with Gasteiger partial charge in [0.05, 0.1) is 23.7 Å². The largest absolute Gasteiger partial charge is 0.494 e. The number of benzene rings is 3. The average molecular weight is 514 g/mol. The first-order valence-corrected chi connectivity index (χ1v) is 12.5. The van der Waals surface area contributed by atoms with Gasteiger partial charge in [-0.25, -0.2) is 9.78 Å². The van der Waals surface area contributed by atoms with Crippen LogP contribution in [0.2, 0.25) is 0 Å². The van der Waals surface area contributed by atoms with Crippen molar-refractivity contribution in [3.05, 3.63) is 87.7 Å². The summed E-state index contributed by atoms with van der Waals surface area (Å²) in [5, 5.41) is 14.2. The molecule has 0 fully saturated rings. The van der Waals surface area contributed by atoms with Gasteiger partial charge in [0, 0.05) is 11.1 Å². The van der Waals surface area contributed by atoms with Gasteiger partial charge in [-0.15, -0.1) is 0 Å². The molecule has 0 saturated heterocycles. The summed E-state index contributed by atoms with van der Waals surface area (Å²) in [6.45, 7) is 10.1. The zero-order valence-corrected chi connectivity index (χ0v) is 22.1. The van der Waals surface area contributed by atoms with E-state index >= 15 is 0 Å². The standard InChI is InChI=1S/C30H31N3O5/c1-6-37-27-15-19(4)24(16-23(27)18(2)3)28-32-25-13-9-8-12-22(25)29(34)33(28)31-17-21-11-7-10-14-26(21)38-20(5)30(35)36/h7-18,20H,6H2,1-5H3,(H,35,36)/t20-/m0/s1. The minimum absolute atomic E-state index is 0.181. The fraction of sp³-hybridized carbons (Fsp3) is 0.267. The van der Waals surface area contributed by atoms with E-state index in [1.54, 1.807) is 42.5 Å². The van der Waals surface area contributed by atoms with Gasteiger partial charge in [-0.05, 0) is 74.2 Å². The van der Waals surface area contributed by atoms with Gasteiger partial charge < -0.3 is 14.6 Å². The predicted octanol–water partition coefficient (Wildman–Crippen LogP) is 5.63. The molecular formula is C30H31N3O5. The van der Waals surface area contributed by atoms with E-state index in [0.717, 1.165) is 22.4 Å². The molecule has 0 spiro atoms. The van der Waals surface area contributed by atoms with Crippen molar-refractivity contribution in [3.63, 3.8) is 0 Å². The number of fused-ring (bicyclic) bond motifs is 1. The Hall–Kier alpha value is -4.46. The van der Waals surface area contributed by atoms with Crippen LogP contribution < -0.4 is 15.0 Å². The molecule has 38 heavy (non-hydrogen) atoms. The van der Waals surface area contributed by atoms with Crippen molar-refractivity contribution in [2.24, 2.45) is 5.10 Å². The van der Waals surface area contributed by atoms with Gasteiger partial charge >= 0.3 is 5.97 Å². The summed E-state index contributed by atoms with van der Waals surface area (Å²) in [4.78, 5) is 29.8. The lowest BCUT2D eigenvalue weighted by Crippen LogP contribution is -2.23. The van der Waals surface area contributed by atoms with Crippen molar-refractivity contribution in [1.29, 1.82) is 0 Å². The Kier molecular flexibility index (Phi) is 7.90. The van der Waals surface area contributed by atoms with Crippen molar-refractivity contribution in [1.82, 2.24) is 9.66 Å². The van der Waals surface area contributed by atoms with Crippen LogP contribution in [0.4, 0.5) is 0 Å². The smallest absolute Gasteiger partial charge is 0.344 e. The molecule has 8 nitrogen and oxygen atoms in total. The molecule has 3 aromatic carbocycles. The highest BCUT2D eigenvalue weighted by Crippen LogP contribution is 2.34. The molecule has 4 aromatic rings. The number of aromatic nitrogens is 2. The molecule has 0 amide bonds. The number of rotatable bonds is 9. The fourth-order valence-corrected chi connectivity index (χ4v) is 4.13. The van der Waals surface area contributed by atoms with Crippen LogP contribution in [0.3, 0.4) is 0 Å². The fourth-order valence-electron chi connectivity index (χ4n) is 4.13. The molecule has 0 radical (unpaired) electrons. The topological polar surface area (TPSA) is 103 Å². The Morgan fingerprint density at radius 2 is 1.79 bits per heavy atom. The monoisotopic (exact) mass is 513 g/mol. The number of nitrogens with zero attached hydrogens (tertiary/aromatic N) is 3. The Balaban J connectivity index is 1.92. The highest BCUT2D eigenvalue weighted by molar-refractivity contribution is 5.85. The zero-order chi connectivity index (χ0) is 27.4. The van der Waals surface area contributed by atoms with Crippen molar-refractivity contribution in [2.75, 3.05) is 6.61 Å². The number of carbonyl (C=O) groups is 1. The number of carboxylic acid groups (broad SMARTS) is 1. The minimum Gasteiger partial charge on any atom is -0.494 e. The van der Waals surface area contributed by atoms with Gasteiger partial charge in [-0.1, -0.05) is 38.1 Å². The lowest BCUT2D eigenvalue weighted by Gasteiger charge is -2.18. The van der Waals surface area contributed by atoms with Gasteiger partial charge in [-0.2, -0.15) is 9.78 Å². The zero-order valence-electron chi connectivity index (χ0n) is 22.1. The second kappa shape index (κ2) is 11.3. The third kappa shape index (κ3) is 5.44. The van der Waals surface area contributed by atoms with E-state index in [2.05, 4.69) is 18.9 Å². The first kappa shape index (κ1) is 26.6. The van der Waals surface area contributed by atoms with Gasteiger partial charge in [0.15, 0.2) is 11.9 Å². The molecule has 0 saturated carbocycles. The molecule has 0 aliphatic carbocycles. The molecule has 1 atom stereocenters. The Labute approximate surface area is 221 Å². The van der Waals surface area contributed by atoms with E-state index in [1.165, 1.54) is 17.8 Å². The highest BCUT2D eigenvalue weighted by Gasteiger charge is 2.19. The second-order valence-corrected chi connectivity index (χ2v) is 9.24. The van der Waals surface area contributed by atoms with E-state index in [-0.39, 0.29) is 11.5 Å². The lowest BCUT2D eigenvalue weighted by atomic mass is 9.96. The molecule has 0 bridgehead atoms. The molecule has 0 unspecified atom stereocenters. The third-order valence-corrected chi connectivity index (χ3v) is 6.16. The van der Waals surface area contributed by atoms with Crippen LogP contribution >= 0.6 is 0 Å². The number of para-hydroxylation sites is 2. The molecule has 0 aliphatic heterocycles. The quantitative estimate of drug-likeness (QED) is 0.291. The number of hydrogen-bond donors (Lipinski definition) is 1. The summed E-state index contributed by atoms with van der Waals surface area (Å²) in [7, 11) is 0. The summed E-state index contributed by atoms with van der Waals surface area (Å²) in [5.74, 6) is 0.639. The van der Waals surface area contributed by atoms with Gasteiger partial charge in [0.2, 0.25) is 0 Å². The maximum Gasteiger partial charge on any atom is 0.344 e. The summed E-state index contributed by atoms with van der Waals surface area (Å²) < 4.78 is 12.8. The van der Waals surface area contributed by atoms with E-state index in [0.29, 0.717) is 34.6 Å². The maximum atomic E-state index is 13.7. The third-order valence-electron chi connectivity index (χ3n) is 6.16. The molecule has 0 aliphatic rings. The van der Waals surface area contributed by atoms with Gasteiger partial charge in [0.1, 0.15) is 11.5 Å². The first-order valence-electron chi connectivity index (χ1n) is 12.5. The van der Waals surface area contributed by atoms with Gasteiger partial charge in [-0.3, -0.25) is 4.79 Å². The van der Waals surface area contributed by atoms with E-state index in [4.69, 9.17) is 14.5 Å². The number of aryl methyl sites for hydroxylation is 1. The Morgan fingerprint density at radius 1 is 1.08 bits per heavy atom. The van der Waals surface area contributed by atoms with Crippen molar-refractivity contribution >= 4 is 23.1 Å². The Morgan fingerprint density at radius 3 is 2.50 bits per heavy atom. The molecule has 4 rings (SSSR count). The summed E-state index contributed by atoms with van der Waals surface area (Å²) in [5.41, 5.74) is 3.43. The molecule has 8 heteroatoms. The normalized spacial score (nSPS) is 12.3. The van der Waals surface area contributed by atoms with Crippen LogP contribution in [0.15, 0.2) is 70.6 Å². The van der Waals surface area contributed by atoms with E-state index in [1.807, 2.05) is 32.0 Å². The maximum absolute atomic E-state index is 13.7. The molecule has 1 aromatic heterocycles.